The first-order chi connectivity index (χ1) is 16.9. The SMILES string of the molecule is O=C(OCCOCCOCCOCCOCCF)c1ccccc1Nc1cccc(C(F)(F)F)c1. The summed E-state index contributed by atoms with van der Waals surface area (Å²) < 4.78 is 76.7. The van der Waals surface area contributed by atoms with Crippen LogP contribution >= 0.6 is 0 Å². The largest absolute Gasteiger partial charge is 0.460 e. The van der Waals surface area contributed by atoms with Gasteiger partial charge in [-0.25, -0.2) is 9.18 Å². The van der Waals surface area contributed by atoms with Gasteiger partial charge in [0, 0.05) is 5.69 Å². The van der Waals surface area contributed by atoms with Crippen molar-refractivity contribution in [2.45, 2.75) is 6.18 Å². The van der Waals surface area contributed by atoms with Crippen LogP contribution in [-0.4, -0.2) is 72.1 Å². The number of nitrogens with one attached hydrogen (secondary N) is 1. The van der Waals surface area contributed by atoms with Crippen molar-refractivity contribution in [1.29, 1.82) is 0 Å². The van der Waals surface area contributed by atoms with Gasteiger partial charge in [0.25, 0.3) is 0 Å². The normalized spacial score (nSPS) is 11.4. The topological polar surface area (TPSA) is 75.3 Å². The second kappa shape index (κ2) is 16.0. The summed E-state index contributed by atoms with van der Waals surface area (Å²) in [6.07, 6.45) is -4.47. The standard InChI is InChI=1S/C24H29F4NO6/c25-8-9-31-10-11-32-12-13-33-14-15-34-16-17-35-23(30)21-6-1-2-7-22(21)29-20-5-3-4-19(18-20)24(26,27)28/h1-7,18,29H,8-17H2. The molecule has 11 heteroatoms. The number of benzene rings is 2. The van der Waals surface area contributed by atoms with E-state index in [1.165, 1.54) is 18.2 Å². The van der Waals surface area contributed by atoms with Gasteiger partial charge in [-0.05, 0) is 30.3 Å². The molecule has 2 rings (SSSR count). The summed E-state index contributed by atoms with van der Waals surface area (Å²) in [6, 6.07) is 11.1. The van der Waals surface area contributed by atoms with Gasteiger partial charge in [-0.3, -0.25) is 0 Å². The molecule has 0 amide bonds. The number of ether oxygens (including phenoxy) is 5. The van der Waals surface area contributed by atoms with E-state index < -0.39 is 24.4 Å². The van der Waals surface area contributed by atoms with Gasteiger partial charge in [0.2, 0.25) is 0 Å². The molecule has 0 spiro atoms. The molecule has 0 saturated heterocycles. The molecule has 0 unspecified atom stereocenters. The maximum absolute atomic E-state index is 12.9. The van der Waals surface area contributed by atoms with E-state index >= 15 is 0 Å². The van der Waals surface area contributed by atoms with Gasteiger partial charge in [-0.15, -0.1) is 0 Å². The van der Waals surface area contributed by atoms with E-state index in [4.69, 9.17) is 23.7 Å². The Balaban J connectivity index is 1.64. The Kier molecular flexibility index (Phi) is 13.1. The van der Waals surface area contributed by atoms with Crippen molar-refractivity contribution in [2.24, 2.45) is 0 Å². The minimum Gasteiger partial charge on any atom is -0.460 e. The van der Waals surface area contributed by atoms with Crippen LogP contribution in [0.3, 0.4) is 0 Å². The van der Waals surface area contributed by atoms with Crippen LogP contribution in [0.4, 0.5) is 28.9 Å². The summed E-state index contributed by atoms with van der Waals surface area (Å²) in [5.74, 6) is -0.632. The van der Waals surface area contributed by atoms with Gasteiger partial charge in [-0.1, -0.05) is 18.2 Å². The molecule has 0 fully saturated rings. The Labute approximate surface area is 201 Å². The quantitative estimate of drug-likeness (QED) is 0.192. The van der Waals surface area contributed by atoms with Crippen molar-refractivity contribution in [1.82, 2.24) is 0 Å². The number of hydrogen-bond acceptors (Lipinski definition) is 7. The number of hydrogen-bond donors (Lipinski definition) is 1. The number of carbonyl (C=O) groups excluding carboxylic acids is 1. The van der Waals surface area contributed by atoms with E-state index in [0.29, 0.717) is 45.3 Å². The highest BCUT2D eigenvalue weighted by Gasteiger charge is 2.30. The molecule has 0 saturated carbocycles. The second-order valence-electron chi connectivity index (χ2n) is 7.02. The number of alkyl halides is 4. The maximum atomic E-state index is 12.9. The van der Waals surface area contributed by atoms with Gasteiger partial charge in [0.05, 0.1) is 69.7 Å². The third-order valence-electron chi connectivity index (χ3n) is 4.41. The van der Waals surface area contributed by atoms with Crippen molar-refractivity contribution < 1.29 is 46.0 Å². The molecule has 2 aromatic rings. The van der Waals surface area contributed by atoms with E-state index in [1.54, 1.807) is 18.2 Å². The van der Waals surface area contributed by atoms with Crippen molar-refractivity contribution in [3.63, 3.8) is 0 Å². The molecule has 0 aliphatic carbocycles. The first-order valence-corrected chi connectivity index (χ1v) is 11.0. The lowest BCUT2D eigenvalue weighted by Crippen LogP contribution is -2.15. The molecule has 0 atom stereocenters. The first-order valence-electron chi connectivity index (χ1n) is 11.0. The van der Waals surface area contributed by atoms with Gasteiger partial charge >= 0.3 is 12.1 Å². The molecule has 1 N–H and O–H groups in total. The predicted molar refractivity (Wildman–Crippen MR) is 121 cm³/mol. The Morgan fingerprint density at radius 3 is 1.91 bits per heavy atom. The lowest BCUT2D eigenvalue weighted by Gasteiger charge is -2.13. The average Bonchev–Trinajstić information content (AvgIpc) is 2.84. The number of rotatable bonds is 17. The van der Waals surface area contributed by atoms with Gasteiger partial charge in [0.1, 0.15) is 13.3 Å². The highest BCUT2D eigenvalue weighted by atomic mass is 19.4. The minimum absolute atomic E-state index is 0.00127. The lowest BCUT2D eigenvalue weighted by molar-refractivity contribution is -0.137. The Morgan fingerprint density at radius 1 is 0.743 bits per heavy atom. The molecule has 194 valence electrons. The molecule has 7 nitrogen and oxygen atoms in total. The monoisotopic (exact) mass is 503 g/mol. The summed E-state index contributed by atoms with van der Waals surface area (Å²) in [5.41, 5.74) is -0.0967. The molecule has 0 aliphatic rings. The zero-order valence-corrected chi connectivity index (χ0v) is 19.2. The molecule has 0 heterocycles. The number of carbonyl (C=O) groups is 1. The maximum Gasteiger partial charge on any atom is 0.416 e. The van der Waals surface area contributed by atoms with Crippen LogP contribution in [-0.2, 0) is 29.9 Å². The van der Waals surface area contributed by atoms with E-state index in [-0.39, 0.29) is 31.1 Å². The lowest BCUT2D eigenvalue weighted by atomic mass is 10.1. The second-order valence-corrected chi connectivity index (χ2v) is 7.02. The van der Waals surface area contributed by atoms with E-state index in [0.717, 1.165) is 12.1 Å². The smallest absolute Gasteiger partial charge is 0.416 e. The molecular weight excluding hydrogens is 474 g/mol. The van der Waals surface area contributed by atoms with Crippen LogP contribution in [0.5, 0.6) is 0 Å². The summed E-state index contributed by atoms with van der Waals surface area (Å²) in [5, 5.41) is 2.84. The zero-order valence-electron chi connectivity index (χ0n) is 19.2. The van der Waals surface area contributed by atoms with Gasteiger partial charge < -0.3 is 29.0 Å². The van der Waals surface area contributed by atoms with Crippen molar-refractivity contribution in [3.8, 4) is 0 Å². The van der Waals surface area contributed by atoms with Gasteiger partial charge in [0.15, 0.2) is 0 Å². The molecule has 35 heavy (non-hydrogen) atoms. The van der Waals surface area contributed by atoms with E-state index in [9.17, 15) is 22.4 Å². The molecular formula is C24H29F4NO6. The molecule has 0 radical (unpaired) electrons. The Morgan fingerprint density at radius 2 is 1.31 bits per heavy atom. The Hall–Kier alpha value is -2.73. The van der Waals surface area contributed by atoms with E-state index in [1.807, 2.05) is 0 Å². The highest BCUT2D eigenvalue weighted by molar-refractivity contribution is 5.96. The highest BCUT2D eigenvalue weighted by Crippen LogP contribution is 2.32. The van der Waals surface area contributed by atoms with Crippen LogP contribution < -0.4 is 5.32 Å². The third-order valence-corrected chi connectivity index (χ3v) is 4.41. The third kappa shape index (κ3) is 11.5. The summed E-state index contributed by atoms with van der Waals surface area (Å²) >= 11 is 0. The van der Waals surface area contributed by atoms with Gasteiger partial charge in [-0.2, -0.15) is 13.2 Å². The predicted octanol–water partition coefficient (Wildman–Crippen LogP) is 4.64. The first kappa shape index (κ1) is 28.5. The molecule has 0 bridgehead atoms. The zero-order chi connectivity index (χ0) is 25.4. The summed E-state index contributed by atoms with van der Waals surface area (Å²) in [7, 11) is 0. The number of esters is 1. The fraction of sp³-hybridized carbons (Fsp3) is 0.458. The number of para-hydroxylation sites is 1. The minimum atomic E-state index is -4.47. The van der Waals surface area contributed by atoms with Crippen LogP contribution in [0, 0.1) is 0 Å². The average molecular weight is 503 g/mol. The van der Waals surface area contributed by atoms with Crippen LogP contribution in [0.2, 0.25) is 0 Å². The number of halogens is 4. The van der Waals surface area contributed by atoms with Crippen LogP contribution in [0.25, 0.3) is 0 Å². The summed E-state index contributed by atoms with van der Waals surface area (Å²) in [6.45, 7) is 1.78. The van der Waals surface area contributed by atoms with Crippen LogP contribution in [0.1, 0.15) is 15.9 Å². The van der Waals surface area contributed by atoms with Crippen molar-refractivity contribution >= 4 is 17.3 Å². The van der Waals surface area contributed by atoms with Crippen molar-refractivity contribution in [3.05, 3.63) is 59.7 Å². The fourth-order valence-corrected chi connectivity index (χ4v) is 2.79. The molecule has 0 aliphatic heterocycles. The van der Waals surface area contributed by atoms with Crippen molar-refractivity contribution in [2.75, 3.05) is 71.5 Å². The Bertz CT molecular complexity index is 881. The fourth-order valence-electron chi connectivity index (χ4n) is 2.79. The summed E-state index contributed by atoms with van der Waals surface area (Å²) in [4.78, 5) is 12.4. The molecule has 2 aromatic carbocycles. The molecule has 0 aromatic heterocycles. The van der Waals surface area contributed by atoms with E-state index in [2.05, 4.69) is 5.32 Å². The van der Waals surface area contributed by atoms with Crippen LogP contribution in [0.15, 0.2) is 48.5 Å². The number of anilines is 2.